The van der Waals surface area contributed by atoms with Gasteiger partial charge in [0.1, 0.15) is 0 Å². The molecule has 0 radical (unpaired) electrons. The Morgan fingerprint density at radius 3 is 2.29 bits per heavy atom. The van der Waals surface area contributed by atoms with Crippen molar-refractivity contribution in [1.82, 2.24) is 5.32 Å². The van der Waals surface area contributed by atoms with E-state index in [2.05, 4.69) is 12.2 Å². The van der Waals surface area contributed by atoms with Crippen LogP contribution in [0.3, 0.4) is 0 Å². The molecule has 0 heterocycles. The number of unbranched alkanes of at least 4 members (excludes halogenated alkanes) is 6. The maximum atomic E-state index is 11.8. The summed E-state index contributed by atoms with van der Waals surface area (Å²) in [5.41, 5.74) is 1.12. The lowest BCUT2D eigenvalue weighted by Gasteiger charge is -2.10. The highest BCUT2D eigenvalue weighted by Gasteiger charge is 2.06. The topological polar surface area (TPSA) is 49.3 Å². The average molecular weight is 334 g/mol. The third kappa shape index (κ3) is 11.2. The smallest absolute Gasteiger partial charge is 0.220 e. The van der Waals surface area contributed by atoms with Gasteiger partial charge in [-0.2, -0.15) is 0 Å². The van der Waals surface area contributed by atoms with Crippen LogP contribution in [0.5, 0.6) is 0 Å². The first kappa shape index (κ1) is 20.7. The number of benzene rings is 1. The monoisotopic (exact) mass is 333 g/mol. The molecule has 0 saturated carbocycles. The molecule has 0 aliphatic heterocycles. The van der Waals surface area contributed by atoms with Gasteiger partial charge in [-0.25, -0.2) is 0 Å². The summed E-state index contributed by atoms with van der Waals surface area (Å²) in [5, 5.41) is 12.9. The van der Waals surface area contributed by atoms with Gasteiger partial charge < -0.3 is 10.4 Å². The standard InChI is InChI=1S/C21H35NO2/c1-2-3-4-5-6-7-11-15-20(23)16-12-17-21(24)22-18-19-13-9-8-10-14-19/h8-10,13-14,20,23H,2-7,11-12,15-18H2,1H3,(H,22,24)/t20-/m1/s1. The lowest BCUT2D eigenvalue weighted by molar-refractivity contribution is -0.121. The van der Waals surface area contributed by atoms with Crippen LogP contribution >= 0.6 is 0 Å². The molecule has 3 heteroatoms. The first-order valence-electron chi connectivity index (χ1n) is 9.71. The number of amides is 1. The Kier molecular flexibility index (Phi) is 12.1. The van der Waals surface area contributed by atoms with Gasteiger partial charge in [0.2, 0.25) is 5.91 Å². The van der Waals surface area contributed by atoms with Crippen LogP contribution in [-0.4, -0.2) is 17.1 Å². The highest BCUT2D eigenvalue weighted by molar-refractivity contribution is 5.75. The molecule has 1 aromatic rings. The minimum Gasteiger partial charge on any atom is -0.393 e. The van der Waals surface area contributed by atoms with Crippen molar-refractivity contribution in [3.63, 3.8) is 0 Å². The van der Waals surface area contributed by atoms with Crippen molar-refractivity contribution in [2.24, 2.45) is 0 Å². The summed E-state index contributed by atoms with van der Waals surface area (Å²) >= 11 is 0. The Morgan fingerprint density at radius 2 is 1.58 bits per heavy atom. The lowest BCUT2D eigenvalue weighted by atomic mass is 10.0. The summed E-state index contributed by atoms with van der Waals surface area (Å²) in [7, 11) is 0. The molecule has 0 aliphatic rings. The van der Waals surface area contributed by atoms with Crippen molar-refractivity contribution in [1.29, 1.82) is 0 Å². The normalized spacial score (nSPS) is 12.1. The molecule has 0 spiro atoms. The summed E-state index contributed by atoms with van der Waals surface area (Å²) in [6, 6.07) is 9.93. The first-order valence-corrected chi connectivity index (χ1v) is 9.71. The number of hydrogen-bond acceptors (Lipinski definition) is 2. The van der Waals surface area contributed by atoms with Gasteiger partial charge in [-0.3, -0.25) is 4.79 Å². The fraction of sp³-hybridized carbons (Fsp3) is 0.667. The minimum atomic E-state index is -0.248. The quantitative estimate of drug-likeness (QED) is 0.472. The van der Waals surface area contributed by atoms with Crippen LogP contribution in [0.2, 0.25) is 0 Å². The minimum absolute atomic E-state index is 0.0713. The molecular formula is C21H35NO2. The average Bonchev–Trinajstić information content (AvgIpc) is 2.60. The molecule has 0 aromatic heterocycles. The number of rotatable bonds is 14. The van der Waals surface area contributed by atoms with Gasteiger partial charge in [-0.1, -0.05) is 82.2 Å². The highest BCUT2D eigenvalue weighted by Crippen LogP contribution is 2.12. The van der Waals surface area contributed by atoms with Crippen LogP contribution < -0.4 is 5.32 Å². The second kappa shape index (κ2) is 14.0. The second-order valence-electron chi connectivity index (χ2n) is 6.72. The summed E-state index contributed by atoms with van der Waals surface area (Å²) in [5.74, 6) is 0.0713. The van der Waals surface area contributed by atoms with Crippen LogP contribution in [0.25, 0.3) is 0 Å². The van der Waals surface area contributed by atoms with Crippen LogP contribution in [0.1, 0.15) is 83.1 Å². The summed E-state index contributed by atoms with van der Waals surface area (Å²) < 4.78 is 0. The first-order chi connectivity index (χ1) is 11.7. The van der Waals surface area contributed by atoms with Gasteiger partial charge in [0.25, 0.3) is 0 Å². The van der Waals surface area contributed by atoms with Gasteiger partial charge in [-0.05, 0) is 24.8 Å². The van der Waals surface area contributed by atoms with Crippen LogP contribution in [0, 0.1) is 0 Å². The molecule has 1 rings (SSSR count). The van der Waals surface area contributed by atoms with Crippen molar-refractivity contribution in [3.05, 3.63) is 35.9 Å². The van der Waals surface area contributed by atoms with E-state index in [4.69, 9.17) is 0 Å². The molecule has 1 aromatic carbocycles. The van der Waals surface area contributed by atoms with Crippen molar-refractivity contribution in [3.8, 4) is 0 Å². The van der Waals surface area contributed by atoms with Crippen molar-refractivity contribution in [2.45, 2.75) is 90.2 Å². The van der Waals surface area contributed by atoms with Gasteiger partial charge in [0, 0.05) is 13.0 Å². The van der Waals surface area contributed by atoms with E-state index in [9.17, 15) is 9.90 Å². The third-order valence-corrected chi connectivity index (χ3v) is 4.41. The third-order valence-electron chi connectivity index (χ3n) is 4.41. The molecule has 0 bridgehead atoms. The van der Waals surface area contributed by atoms with Crippen molar-refractivity contribution >= 4 is 5.91 Å². The van der Waals surface area contributed by atoms with Crippen LogP contribution in [0.4, 0.5) is 0 Å². The van der Waals surface area contributed by atoms with Gasteiger partial charge in [-0.15, -0.1) is 0 Å². The Balaban J connectivity index is 1.94. The van der Waals surface area contributed by atoms with E-state index in [0.717, 1.165) is 31.2 Å². The maximum absolute atomic E-state index is 11.8. The van der Waals surface area contributed by atoms with Gasteiger partial charge in [0.05, 0.1) is 6.10 Å². The number of aliphatic hydroxyl groups is 1. The SMILES string of the molecule is CCCCCCCCC[C@@H](O)CCCC(=O)NCc1ccccc1. The van der Waals surface area contributed by atoms with E-state index in [1.807, 2.05) is 30.3 Å². The van der Waals surface area contributed by atoms with Gasteiger partial charge >= 0.3 is 0 Å². The predicted octanol–water partition coefficient (Wildman–Crippen LogP) is 4.97. The largest absolute Gasteiger partial charge is 0.393 e. The zero-order valence-corrected chi connectivity index (χ0v) is 15.3. The number of carbonyl (C=O) groups excluding carboxylic acids is 1. The molecule has 24 heavy (non-hydrogen) atoms. The molecule has 0 unspecified atom stereocenters. The van der Waals surface area contributed by atoms with E-state index in [-0.39, 0.29) is 12.0 Å². The maximum Gasteiger partial charge on any atom is 0.220 e. The Morgan fingerprint density at radius 1 is 0.958 bits per heavy atom. The van der Waals surface area contributed by atoms with E-state index in [1.165, 1.54) is 38.5 Å². The number of aliphatic hydroxyl groups excluding tert-OH is 1. The highest BCUT2D eigenvalue weighted by atomic mass is 16.3. The molecule has 0 aliphatic carbocycles. The summed E-state index contributed by atoms with van der Waals surface area (Å²) in [4.78, 5) is 11.8. The van der Waals surface area contributed by atoms with Gasteiger partial charge in [0.15, 0.2) is 0 Å². The molecule has 1 atom stereocenters. The fourth-order valence-electron chi connectivity index (χ4n) is 2.86. The number of hydrogen-bond donors (Lipinski definition) is 2. The van der Waals surface area contributed by atoms with Crippen molar-refractivity contribution < 1.29 is 9.90 Å². The molecule has 2 N–H and O–H groups in total. The molecule has 1 amide bonds. The Bertz CT molecular complexity index is 419. The molecule has 3 nitrogen and oxygen atoms in total. The predicted molar refractivity (Wildman–Crippen MR) is 101 cm³/mol. The van der Waals surface area contributed by atoms with Crippen molar-refractivity contribution in [2.75, 3.05) is 0 Å². The molecular weight excluding hydrogens is 298 g/mol. The van der Waals surface area contributed by atoms with Crippen LogP contribution in [0.15, 0.2) is 30.3 Å². The zero-order valence-electron chi connectivity index (χ0n) is 15.3. The lowest BCUT2D eigenvalue weighted by Crippen LogP contribution is -2.22. The van der Waals surface area contributed by atoms with E-state index < -0.39 is 0 Å². The fourth-order valence-corrected chi connectivity index (χ4v) is 2.86. The second-order valence-corrected chi connectivity index (χ2v) is 6.72. The van der Waals surface area contributed by atoms with Crippen LogP contribution in [-0.2, 0) is 11.3 Å². The molecule has 0 saturated heterocycles. The summed E-state index contributed by atoms with van der Waals surface area (Å²) in [6.07, 6.45) is 11.5. The van der Waals surface area contributed by atoms with E-state index >= 15 is 0 Å². The number of nitrogens with one attached hydrogen (secondary N) is 1. The van der Waals surface area contributed by atoms with E-state index in [0.29, 0.717) is 13.0 Å². The summed E-state index contributed by atoms with van der Waals surface area (Å²) in [6.45, 7) is 2.82. The van der Waals surface area contributed by atoms with E-state index in [1.54, 1.807) is 0 Å². The Labute approximate surface area is 147 Å². The zero-order chi connectivity index (χ0) is 17.5. The molecule has 0 fully saturated rings. The number of carbonyl (C=O) groups is 1. The Hall–Kier alpha value is -1.35. The molecule has 136 valence electrons.